The molecule has 1 aliphatic carbocycles. The Balaban J connectivity index is 2.25. The van der Waals surface area contributed by atoms with Crippen LogP contribution in [0.1, 0.15) is 47.0 Å². The smallest absolute Gasteiger partial charge is 0.411 e. The Hall–Kier alpha value is -1.59. The van der Waals surface area contributed by atoms with Crippen molar-refractivity contribution in [2.24, 2.45) is 5.92 Å². The molecule has 3 unspecified atom stereocenters. The van der Waals surface area contributed by atoms with Crippen molar-refractivity contribution in [1.29, 1.82) is 0 Å². The number of piperidine rings is 2. The molecule has 0 aromatic rings. The summed E-state index contributed by atoms with van der Waals surface area (Å²) in [7, 11) is 0. The maximum atomic E-state index is 12.4. The van der Waals surface area contributed by atoms with Crippen LogP contribution in [0.3, 0.4) is 0 Å². The topological polar surface area (TPSA) is 72.9 Å². The second-order valence-corrected chi connectivity index (χ2v) is 6.59. The highest BCUT2D eigenvalue weighted by atomic mass is 16.6. The number of hydrogen-bond acceptors (Lipinski definition) is 5. The molecule has 2 saturated heterocycles. The van der Waals surface area contributed by atoms with E-state index in [1.165, 1.54) is 4.90 Å². The molecule has 0 N–H and O–H groups in total. The van der Waals surface area contributed by atoms with E-state index in [1.807, 2.05) is 0 Å². The molecule has 3 atom stereocenters. The first-order chi connectivity index (χ1) is 9.74. The van der Waals surface area contributed by atoms with E-state index in [0.717, 1.165) is 6.42 Å². The van der Waals surface area contributed by atoms with E-state index in [-0.39, 0.29) is 18.4 Å². The average Bonchev–Trinajstić information content (AvgIpc) is 2.36. The number of nitrogens with zero attached hydrogens (tertiary/aromatic N) is 1. The lowest BCUT2D eigenvalue weighted by Crippen LogP contribution is -2.64. The van der Waals surface area contributed by atoms with Gasteiger partial charge in [0.15, 0.2) is 0 Å². The van der Waals surface area contributed by atoms with Crippen molar-refractivity contribution in [1.82, 2.24) is 4.90 Å². The third-order valence-corrected chi connectivity index (χ3v) is 3.87. The minimum atomic E-state index is -0.834. The summed E-state index contributed by atoms with van der Waals surface area (Å²) >= 11 is 0. The highest BCUT2D eigenvalue weighted by molar-refractivity contribution is 5.94. The number of carbonyl (C=O) groups is 3. The predicted octanol–water partition coefficient (Wildman–Crippen LogP) is 1.91. The standard InChI is InChI=1S/C15H23NO5/c1-5-20-13(18)12-10-7-6-9(8-11(10)17)16(12)14(19)21-15(2,3)4/h9-10,12H,5-8H2,1-4H3. The van der Waals surface area contributed by atoms with Crippen molar-refractivity contribution in [3.63, 3.8) is 0 Å². The van der Waals surface area contributed by atoms with Gasteiger partial charge in [0.2, 0.25) is 0 Å². The molecule has 0 radical (unpaired) electrons. The highest BCUT2D eigenvalue weighted by Crippen LogP contribution is 2.38. The van der Waals surface area contributed by atoms with E-state index < -0.39 is 29.6 Å². The summed E-state index contributed by atoms with van der Waals surface area (Å²) in [6.45, 7) is 7.26. The van der Waals surface area contributed by atoms with Crippen LogP contribution in [0.15, 0.2) is 0 Å². The van der Waals surface area contributed by atoms with Crippen LogP contribution in [0.4, 0.5) is 4.79 Å². The lowest BCUT2D eigenvalue weighted by Gasteiger charge is -2.48. The molecule has 3 fully saturated rings. The summed E-state index contributed by atoms with van der Waals surface area (Å²) in [6.07, 6.45) is 1.13. The fourth-order valence-electron chi connectivity index (χ4n) is 3.09. The molecule has 0 spiro atoms. The van der Waals surface area contributed by atoms with Crippen LogP contribution >= 0.6 is 0 Å². The Morgan fingerprint density at radius 1 is 1.29 bits per heavy atom. The van der Waals surface area contributed by atoms with Crippen molar-refractivity contribution in [3.05, 3.63) is 0 Å². The molecule has 118 valence electrons. The van der Waals surface area contributed by atoms with E-state index in [4.69, 9.17) is 9.47 Å². The molecule has 6 nitrogen and oxygen atoms in total. The Kier molecular flexibility index (Phi) is 4.25. The zero-order chi connectivity index (χ0) is 15.8. The van der Waals surface area contributed by atoms with Gasteiger partial charge in [0.25, 0.3) is 0 Å². The molecule has 3 rings (SSSR count). The number of fused-ring (bicyclic) bond motifs is 3. The maximum Gasteiger partial charge on any atom is 0.411 e. The molecule has 0 aromatic heterocycles. The summed E-state index contributed by atoms with van der Waals surface area (Å²) in [5, 5.41) is 0. The van der Waals surface area contributed by atoms with E-state index in [0.29, 0.717) is 12.8 Å². The molecular formula is C15H23NO5. The Morgan fingerprint density at radius 2 is 1.95 bits per heavy atom. The Labute approximate surface area is 124 Å². The van der Waals surface area contributed by atoms with Crippen LogP contribution in [-0.2, 0) is 19.1 Å². The first-order valence-corrected chi connectivity index (χ1v) is 7.45. The second kappa shape index (κ2) is 5.66. The van der Waals surface area contributed by atoms with E-state index in [1.54, 1.807) is 27.7 Å². The molecule has 2 aliphatic heterocycles. The fourth-order valence-corrected chi connectivity index (χ4v) is 3.09. The van der Waals surface area contributed by atoms with Gasteiger partial charge in [0.05, 0.1) is 6.61 Å². The minimum absolute atomic E-state index is 0.0455. The normalized spacial score (nSPS) is 28.5. The highest BCUT2D eigenvalue weighted by Gasteiger charge is 2.53. The van der Waals surface area contributed by atoms with E-state index in [2.05, 4.69) is 0 Å². The van der Waals surface area contributed by atoms with Crippen LogP contribution in [0.25, 0.3) is 0 Å². The number of esters is 1. The number of ether oxygens (including phenoxy) is 2. The number of carbonyl (C=O) groups excluding carboxylic acids is 3. The first-order valence-electron chi connectivity index (χ1n) is 7.45. The largest absolute Gasteiger partial charge is 0.464 e. The molecule has 2 bridgehead atoms. The van der Waals surface area contributed by atoms with Gasteiger partial charge in [-0.25, -0.2) is 9.59 Å². The van der Waals surface area contributed by atoms with Gasteiger partial charge in [-0.05, 0) is 40.5 Å². The Morgan fingerprint density at radius 3 is 2.48 bits per heavy atom. The van der Waals surface area contributed by atoms with Crippen molar-refractivity contribution in [2.45, 2.75) is 64.6 Å². The lowest BCUT2D eigenvalue weighted by atomic mass is 9.74. The lowest BCUT2D eigenvalue weighted by molar-refractivity contribution is -0.162. The van der Waals surface area contributed by atoms with E-state index in [9.17, 15) is 14.4 Å². The minimum Gasteiger partial charge on any atom is -0.464 e. The van der Waals surface area contributed by atoms with Gasteiger partial charge in [0, 0.05) is 18.4 Å². The summed E-state index contributed by atoms with van der Waals surface area (Å²) in [4.78, 5) is 38.1. The Bertz CT molecular complexity index is 453. The first kappa shape index (κ1) is 15.8. The molecule has 1 amide bonds. The second-order valence-electron chi connectivity index (χ2n) is 6.59. The summed E-state index contributed by atoms with van der Waals surface area (Å²) in [6, 6.07) is -1.09. The van der Waals surface area contributed by atoms with Gasteiger partial charge in [-0.15, -0.1) is 0 Å². The SMILES string of the molecule is CCOC(=O)C1C2CCC(CC2=O)N1C(=O)OC(C)(C)C. The number of Topliss-reactive ketones (excluding diaryl/α,β-unsaturated/α-hetero) is 1. The van der Waals surface area contributed by atoms with Crippen molar-refractivity contribution >= 4 is 17.8 Å². The monoisotopic (exact) mass is 297 g/mol. The summed E-state index contributed by atoms with van der Waals surface area (Å²) in [5.74, 6) is -0.920. The van der Waals surface area contributed by atoms with Crippen molar-refractivity contribution in [3.8, 4) is 0 Å². The fraction of sp³-hybridized carbons (Fsp3) is 0.800. The van der Waals surface area contributed by atoms with Crippen LogP contribution in [-0.4, -0.2) is 47.0 Å². The van der Waals surface area contributed by atoms with Crippen molar-refractivity contribution in [2.75, 3.05) is 6.61 Å². The maximum absolute atomic E-state index is 12.4. The van der Waals surface area contributed by atoms with Gasteiger partial charge in [0.1, 0.15) is 17.4 Å². The van der Waals surface area contributed by atoms with Gasteiger partial charge in [-0.3, -0.25) is 9.69 Å². The van der Waals surface area contributed by atoms with Crippen LogP contribution in [0.5, 0.6) is 0 Å². The summed E-state index contributed by atoms with van der Waals surface area (Å²) < 4.78 is 10.4. The molecule has 1 saturated carbocycles. The molecule has 21 heavy (non-hydrogen) atoms. The van der Waals surface area contributed by atoms with E-state index >= 15 is 0 Å². The number of ketones is 1. The van der Waals surface area contributed by atoms with Gasteiger partial charge in [-0.1, -0.05) is 0 Å². The van der Waals surface area contributed by atoms with Crippen LogP contribution in [0.2, 0.25) is 0 Å². The third kappa shape index (κ3) is 3.19. The molecule has 3 aliphatic rings. The molecule has 6 heteroatoms. The zero-order valence-electron chi connectivity index (χ0n) is 13.0. The average molecular weight is 297 g/mol. The number of hydrogen-bond donors (Lipinski definition) is 0. The zero-order valence-corrected chi connectivity index (χ0v) is 13.0. The molecule has 2 heterocycles. The number of rotatable bonds is 2. The van der Waals surface area contributed by atoms with Gasteiger partial charge < -0.3 is 9.47 Å². The quantitative estimate of drug-likeness (QED) is 0.728. The van der Waals surface area contributed by atoms with Crippen LogP contribution < -0.4 is 0 Å². The molecular weight excluding hydrogens is 274 g/mol. The van der Waals surface area contributed by atoms with Crippen molar-refractivity contribution < 1.29 is 23.9 Å². The third-order valence-electron chi connectivity index (χ3n) is 3.87. The predicted molar refractivity (Wildman–Crippen MR) is 74.6 cm³/mol. The summed E-state index contributed by atoms with van der Waals surface area (Å²) in [5.41, 5.74) is -0.642. The molecule has 0 aromatic carbocycles. The van der Waals surface area contributed by atoms with Gasteiger partial charge >= 0.3 is 12.1 Å². The number of amides is 1. The van der Waals surface area contributed by atoms with Gasteiger partial charge in [-0.2, -0.15) is 0 Å². The van der Waals surface area contributed by atoms with Crippen LogP contribution in [0, 0.1) is 5.92 Å².